The Bertz CT molecular complexity index is 484. The van der Waals surface area contributed by atoms with Crippen molar-refractivity contribution in [3.63, 3.8) is 0 Å². The molecule has 0 radical (unpaired) electrons. The van der Waals surface area contributed by atoms with E-state index in [0.29, 0.717) is 5.56 Å². The summed E-state index contributed by atoms with van der Waals surface area (Å²) in [5.74, 6) is 1.74. The van der Waals surface area contributed by atoms with Gasteiger partial charge in [-0.3, -0.25) is 0 Å². The maximum Gasteiger partial charge on any atom is 0.333 e. The van der Waals surface area contributed by atoms with Crippen LogP contribution in [0.2, 0.25) is 0 Å². The fraction of sp³-hybridized carbons (Fsp3) is 0.286. The van der Waals surface area contributed by atoms with E-state index in [9.17, 15) is 10.1 Å². The van der Waals surface area contributed by atoms with Crippen LogP contribution in [0.1, 0.15) is 12.0 Å². The molecule has 18 heavy (non-hydrogen) atoms. The van der Waals surface area contributed by atoms with Crippen molar-refractivity contribution in [3.05, 3.63) is 35.9 Å². The Hall–Kier alpha value is -2.30. The van der Waals surface area contributed by atoms with Crippen LogP contribution in [0.25, 0.3) is 0 Å². The highest BCUT2D eigenvalue weighted by Crippen LogP contribution is 2.28. The highest BCUT2D eigenvalue weighted by molar-refractivity contribution is 5.72. The van der Waals surface area contributed by atoms with Crippen molar-refractivity contribution >= 4 is 5.97 Å². The molecule has 1 aromatic rings. The minimum atomic E-state index is -1.45. The average molecular weight is 243 g/mol. The molecular formula is C14H13NO3. The third-order valence-electron chi connectivity index (χ3n) is 2.32. The summed E-state index contributed by atoms with van der Waals surface area (Å²) in [5, 5.41) is 9.31. The number of ether oxygens (including phenoxy) is 2. The van der Waals surface area contributed by atoms with Gasteiger partial charge in [-0.2, -0.15) is 5.26 Å². The zero-order valence-electron chi connectivity index (χ0n) is 10.1. The second-order valence-corrected chi connectivity index (χ2v) is 3.59. The van der Waals surface area contributed by atoms with E-state index in [2.05, 4.69) is 10.7 Å². The Balaban J connectivity index is 3.08. The monoisotopic (exact) mass is 243 g/mol. The van der Waals surface area contributed by atoms with Crippen LogP contribution in [0.4, 0.5) is 0 Å². The molecule has 0 aliphatic carbocycles. The van der Waals surface area contributed by atoms with Crippen molar-refractivity contribution in [3.8, 4) is 18.4 Å². The summed E-state index contributed by atoms with van der Waals surface area (Å²) >= 11 is 0. The second kappa shape index (κ2) is 6.44. The lowest BCUT2D eigenvalue weighted by atomic mass is 9.92. The van der Waals surface area contributed by atoms with Gasteiger partial charge in [-0.1, -0.05) is 30.3 Å². The van der Waals surface area contributed by atoms with Crippen molar-refractivity contribution in [2.24, 2.45) is 0 Å². The van der Waals surface area contributed by atoms with Crippen molar-refractivity contribution in [2.45, 2.75) is 12.0 Å². The molecule has 4 heteroatoms. The summed E-state index contributed by atoms with van der Waals surface area (Å²) in [6.45, 7) is -0.221. The SMILES string of the molecule is C#CCC(C#N)(OC(=O)COC)c1ccccc1. The molecule has 0 saturated carbocycles. The molecule has 0 bridgehead atoms. The molecule has 1 rings (SSSR count). The van der Waals surface area contributed by atoms with Gasteiger partial charge >= 0.3 is 5.97 Å². The predicted octanol–water partition coefficient (Wildman–Crippen LogP) is 1.62. The van der Waals surface area contributed by atoms with Gasteiger partial charge in [-0.15, -0.1) is 12.3 Å². The molecule has 0 heterocycles. The van der Waals surface area contributed by atoms with E-state index in [0.717, 1.165) is 0 Å². The zero-order chi connectivity index (χ0) is 13.4. The first-order valence-corrected chi connectivity index (χ1v) is 5.29. The fourth-order valence-electron chi connectivity index (χ4n) is 1.52. The minimum Gasteiger partial charge on any atom is -0.436 e. The Kier molecular flexibility index (Phi) is 4.92. The zero-order valence-corrected chi connectivity index (χ0v) is 10.1. The summed E-state index contributed by atoms with van der Waals surface area (Å²) in [5.41, 5.74) is -0.902. The fourth-order valence-corrected chi connectivity index (χ4v) is 1.52. The van der Waals surface area contributed by atoms with E-state index >= 15 is 0 Å². The largest absolute Gasteiger partial charge is 0.436 e. The van der Waals surface area contributed by atoms with Crippen LogP contribution in [-0.2, 0) is 19.9 Å². The highest BCUT2D eigenvalue weighted by Gasteiger charge is 2.35. The smallest absolute Gasteiger partial charge is 0.333 e. The number of hydrogen-bond donors (Lipinski definition) is 0. The average Bonchev–Trinajstić information content (AvgIpc) is 2.39. The normalized spacial score (nSPS) is 12.8. The number of terminal acetylenes is 1. The van der Waals surface area contributed by atoms with Gasteiger partial charge in [0.15, 0.2) is 0 Å². The van der Waals surface area contributed by atoms with E-state index in [1.165, 1.54) is 7.11 Å². The lowest BCUT2D eigenvalue weighted by Crippen LogP contribution is -2.32. The Labute approximate surface area is 106 Å². The third-order valence-corrected chi connectivity index (χ3v) is 2.32. The van der Waals surface area contributed by atoms with Crippen LogP contribution in [0.3, 0.4) is 0 Å². The van der Waals surface area contributed by atoms with E-state index in [1.807, 2.05) is 6.07 Å². The maximum atomic E-state index is 11.5. The van der Waals surface area contributed by atoms with Crippen LogP contribution in [0, 0.1) is 23.7 Å². The number of benzene rings is 1. The topological polar surface area (TPSA) is 59.3 Å². The molecule has 1 unspecified atom stereocenters. The minimum absolute atomic E-state index is 0.0109. The third kappa shape index (κ3) is 3.10. The maximum absolute atomic E-state index is 11.5. The highest BCUT2D eigenvalue weighted by atomic mass is 16.6. The standard InChI is InChI=1S/C14H13NO3/c1-3-9-14(11-15,18-13(16)10-17-2)12-7-5-4-6-8-12/h1,4-8H,9-10H2,2H3. The molecule has 0 amide bonds. The molecule has 1 atom stereocenters. The first-order chi connectivity index (χ1) is 8.68. The Morgan fingerprint density at radius 2 is 2.11 bits per heavy atom. The summed E-state index contributed by atoms with van der Waals surface area (Å²) in [4.78, 5) is 11.5. The summed E-state index contributed by atoms with van der Waals surface area (Å²) < 4.78 is 9.86. The molecule has 1 aromatic carbocycles. The van der Waals surface area contributed by atoms with Gasteiger partial charge in [0.1, 0.15) is 12.7 Å². The van der Waals surface area contributed by atoms with Crippen molar-refractivity contribution in [1.29, 1.82) is 5.26 Å². The molecule has 0 fully saturated rings. The van der Waals surface area contributed by atoms with Crippen molar-refractivity contribution in [1.82, 2.24) is 0 Å². The predicted molar refractivity (Wildman–Crippen MR) is 65.2 cm³/mol. The number of esters is 1. The van der Waals surface area contributed by atoms with Crippen LogP contribution in [0.5, 0.6) is 0 Å². The lowest BCUT2D eigenvalue weighted by Gasteiger charge is -2.25. The van der Waals surface area contributed by atoms with Gasteiger partial charge in [0, 0.05) is 12.7 Å². The molecule has 0 saturated heterocycles. The molecule has 92 valence electrons. The number of rotatable bonds is 5. The van der Waals surface area contributed by atoms with Gasteiger partial charge in [-0.05, 0) is 0 Å². The van der Waals surface area contributed by atoms with Crippen LogP contribution in [0.15, 0.2) is 30.3 Å². The molecule has 4 nitrogen and oxygen atoms in total. The Morgan fingerprint density at radius 1 is 1.44 bits per heavy atom. The first-order valence-electron chi connectivity index (χ1n) is 5.29. The number of carbonyl (C=O) groups excluding carboxylic acids is 1. The molecule has 0 aromatic heterocycles. The van der Waals surface area contributed by atoms with E-state index in [1.54, 1.807) is 30.3 Å². The number of hydrogen-bond acceptors (Lipinski definition) is 4. The number of nitrogens with zero attached hydrogens (tertiary/aromatic N) is 1. The van der Waals surface area contributed by atoms with E-state index < -0.39 is 11.6 Å². The number of methoxy groups -OCH3 is 1. The molecule has 0 N–H and O–H groups in total. The van der Waals surface area contributed by atoms with Crippen molar-refractivity contribution < 1.29 is 14.3 Å². The van der Waals surface area contributed by atoms with Crippen LogP contribution in [-0.4, -0.2) is 19.7 Å². The number of carbonyl (C=O) groups is 1. The summed E-state index contributed by atoms with van der Waals surface area (Å²) in [6, 6.07) is 10.7. The van der Waals surface area contributed by atoms with Crippen molar-refractivity contribution in [2.75, 3.05) is 13.7 Å². The second-order valence-electron chi connectivity index (χ2n) is 3.59. The van der Waals surface area contributed by atoms with Gasteiger partial charge in [0.25, 0.3) is 0 Å². The van der Waals surface area contributed by atoms with Gasteiger partial charge in [0.05, 0.1) is 6.42 Å². The van der Waals surface area contributed by atoms with Crippen LogP contribution < -0.4 is 0 Å². The van der Waals surface area contributed by atoms with Crippen LogP contribution >= 0.6 is 0 Å². The van der Waals surface area contributed by atoms with Gasteiger partial charge < -0.3 is 9.47 Å². The van der Waals surface area contributed by atoms with E-state index in [-0.39, 0.29) is 13.0 Å². The molecular weight excluding hydrogens is 230 g/mol. The number of nitriles is 1. The Morgan fingerprint density at radius 3 is 2.61 bits per heavy atom. The van der Waals surface area contributed by atoms with Gasteiger partial charge in [-0.25, -0.2) is 4.79 Å². The summed E-state index contributed by atoms with van der Waals surface area (Å²) in [7, 11) is 1.37. The molecule has 0 aliphatic rings. The summed E-state index contributed by atoms with van der Waals surface area (Å²) in [6.07, 6.45) is 5.24. The quantitative estimate of drug-likeness (QED) is 0.582. The van der Waals surface area contributed by atoms with Gasteiger partial charge in [0.2, 0.25) is 5.60 Å². The lowest BCUT2D eigenvalue weighted by molar-refractivity contribution is -0.159. The van der Waals surface area contributed by atoms with E-state index in [4.69, 9.17) is 11.2 Å². The first kappa shape index (κ1) is 13.8. The molecule has 0 spiro atoms. The molecule has 0 aliphatic heterocycles.